The number of carbonyl (C=O) groups excluding carboxylic acids is 1. The first-order valence-electron chi connectivity index (χ1n) is 7.01. The SMILES string of the molecule is CC1CCc2sc(C(=O)NCc3cccnc3)cc2C1. The van der Waals surface area contributed by atoms with Gasteiger partial charge in [0.05, 0.1) is 4.88 Å². The number of carbonyl (C=O) groups is 1. The molecule has 0 radical (unpaired) electrons. The van der Waals surface area contributed by atoms with Crippen molar-refractivity contribution in [3.05, 3.63) is 51.5 Å². The van der Waals surface area contributed by atoms with Gasteiger partial charge < -0.3 is 5.32 Å². The lowest BCUT2D eigenvalue weighted by Gasteiger charge is -2.16. The van der Waals surface area contributed by atoms with Crippen LogP contribution in [0.15, 0.2) is 30.6 Å². The van der Waals surface area contributed by atoms with Crippen molar-refractivity contribution < 1.29 is 4.79 Å². The summed E-state index contributed by atoms with van der Waals surface area (Å²) in [5, 5.41) is 2.97. The van der Waals surface area contributed by atoms with Gasteiger partial charge in [-0.2, -0.15) is 0 Å². The van der Waals surface area contributed by atoms with Crippen LogP contribution in [-0.4, -0.2) is 10.9 Å². The van der Waals surface area contributed by atoms with Crippen molar-refractivity contribution in [1.82, 2.24) is 10.3 Å². The van der Waals surface area contributed by atoms with Crippen LogP contribution in [0.2, 0.25) is 0 Å². The largest absolute Gasteiger partial charge is 0.347 e. The lowest BCUT2D eigenvalue weighted by atomic mass is 9.90. The van der Waals surface area contributed by atoms with E-state index >= 15 is 0 Å². The number of nitrogens with zero attached hydrogens (tertiary/aromatic N) is 1. The monoisotopic (exact) mass is 286 g/mol. The Hall–Kier alpha value is -1.68. The molecule has 0 saturated heterocycles. The number of nitrogens with one attached hydrogen (secondary N) is 1. The van der Waals surface area contributed by atoms with Crippen LogP contribution in [0.5, 0.6) is 0 Å². The zero-order valence-corrected chi connectivity index (χ0v) is 12.4. The molecule has 0 saturated carbocycles. The Morgan fingerprint density at radius 2 is 2.45 bits per heavy atom. The molecule has 1 unspecified atom stereocenters. The molecule has 4 heteroatoms. The second-order valence-corrected chi connectivity index (χ2v) is 6.59. The summed E-state index contributed by atoms with van der Waals surface area (Å²) in [5.74, 6) is 0.768. The normalized spacial score (nSPS) is 17.6. The van der Waals surface area contributed by atoms with Gasteiger partial charge in [0.15, 0.2) is 0 Å². The number of thiophene rings is 1. The number of pyridine rings is 1. The molecule has 1 N–H and O–H groups in total. The molecule has 1 atom stereocenters. The average molecular weight is 286 g/mol. The van der Waals surface area contributed by atoms with E-state index in [0.29, 0.717) is 6.54 Å². The number of amides is 1. The van der Waals surface area contributed by atoms with Crippen molar-refractivity contribution in [2.75, 3.05) is 0 Å². The van der Waals surface area contributed by atoms with Crippen molar-refractivity contribution in [3.63, 3.8) is 0 Å². The number of aromatic nitrogens is 1. The second kappa shape index (κ2) is 5.75. The number of fused-ring (bicyclic) bond motifs is 1. The van der Waals surface area contributed by atoms with Crippen LogP contribution in [0.3, 0.4) is 0 Å². The number of rotatable bonds is 3. The molecule has 0 fully saturated rings. The van der Waals surface area contributed by atoms with Crippen LogP contribution in [-0.2, 0) is 19.4 Å². The second-order valence-electron chi connectivity index (χ2n) is 5.45. The Kier molecular flexibility index (Phi) is 3.83. The molecule has 1 aliphatic carbocycles. The van der Waals surface area contributed by atoms with Gasteiger partial charge in [0.2, 0.25) is 0 Å². The fourth-order valence-electron chi connectivity index (χ4n) is 2.59. The Balaban J connectivity index is 1.66. The quantitative estimate of drug-likeness (QED) is 0.941. The zero-order chi connectivity index (χ0) is 13.9. The Labute approximate surface area is 123 Å². The highest BCUT2D eigenvalue weighted by Gasteiger charge is 2.20. The maximum atomic E-state index is 12.2. The molecular weight excluding hydrogens is 268 g/mol. The van der Waals surface area contributed by atoms with Gasteiger partial charge in [0.25, 0.3) is 5.91 Å². The van der Waals surface area contributed by atoms with Crippen LogP contribution < -0.4 is 5.32 Å². The van der Waals surface area contributed by atoms with E-state index in [9.17, 15) is 4.79 Å². The zero-order valence-electron chi connectivity index (χ0n) is 11.6. The number of aryl methyl sites for hydroxylation is 1. The van der Waals surface area contributed by atoms with Gasteiger partial charge in [0.1, 0.15) is 0 Å². The van der Waals surface area contributed by atoms with Gasteiger partial charge in [-0.1, -0.05) is 13.0 Å². The summed E-state index contributed by atoms with van der Waals surface area (Å²) in [6.45, 7) is 2.81. The number of hydrogen-bond acceptors (Lipinski definition) is 3. The highest BCUT2D eigenvalue weighted by atomic mass is 32.1. The van der Waals surface area contributed by atoms with E-state index in [2.05, 4.69) is 23.3 Å². The van der Waals surface area contributed by atoms with Crippen LogP contribution >= 0.6 is 11.3 Å². The maximum absolute atomic E-state index is 12.2. The molecule has 20 heavy (non-hydrogen) atoms. The molecule has 104 valence electrons. The lowest BCUT2D eigenvalue weighted by Crippen LogP contribution is -2.21. The summed E-state index contributed by atoms with van der Waals surface area (Å²) in [6.07, 6.45) is 6.99. The summed E-state index contributed by atoms with van der Waals surface area (Å²) in [4.78, 5) is 18.5. The highest BCUT2D eigenvalue weighted by molar-refractivity contribution is 7.14. The van der Waals surface area contributed by atoms with E-state index in [1.807, 2.05) is 12.1 Å². The van der Waals surface area contributed by atoms with Crippen LogP contribution in [0.1, 0.15) is 39.0 Å². The summed E-state index contributed by atoms with van der Waals surface area (Å²) < 4.78 is 0. The lowest BCUT2D eigenvalue weighted by molar-refractivity contribution is 0.0955. The Morgan fingerprint density at radius 3 is 3.25 bits per heavy atom. The van der Waals surface area contributed by atoms with Gasteiger partial charge in [-0.15, -0.1) is 11.3 Å². The molecular formula is C16H18N2OS. The summed E-state index contributed by atoms with van der Waals surface area (Å²) >= 11 is 1.65. The van der Waals surface area contributed by atoms with Gasteiger partial charge >= 0.3 is 0 Å². The van der Waals surface area contributed by atoms with Crippen molar-refractivity contribution in [2.24, 2.45) is 5.92 Å². The standard InChI is InChI=1S/C16H18N2OS/c1-11-4-5-14-13(7-11)8-15(20-14)16(19)18-10-12-3-2-6-17-9-12/h2-3,6,8-9,11H,4-5,7,10H2,1H3,(H,18,19). The topological polar surface area (TPSA) is 42.0 Å². The van der Waals surface area contributed by atoms with E-state index < -0.39 is 0 Å². The summed E-state index contributed by atoms with van der Waals surface area (Å²) in [5.41, 5.74) is 2.40. The van der Waals surface area contributed by atoms with Gasteiger partial charge in [0, 0.05) is 23.8 Å². The van der Waals surface area contributed by atoms with E-state index in [4.69, 9.17) is 0 Å². The Bertz CT molecular complexity index is 606. The summed E-state index contributed by atoms with van der Waals surface area (Å²) in [7, 11) is 0. The molecule has 2 aromatic heterocycles. The van der Waals surface area contributed by atoms with Gasteiger partial charge in [-0.25, -0.2) is 0 Å². The van der Waals surface area contributed by atoms with E-state index in [-0.39, 0.29) is 5.91 Å². The maximum Gasteiger partial charge on any atom is 0.261 e. The van der Waals surface area contributed by atoms with Gasteiger partial charge in [-0.05, 0) is 48.4 Å². The molecule has 3 rings (SSSR count). The minimum atomic E-state index is 0.0286. The molecule has 3 nitrogen and oxygen atoms in total. The van der Waals surface area contributed by atoms with Crippen LogP contribution in [0.25, 0.3) is 0 Å². The molecule has 1 amide bonds. The Morgan fingerprint density at radius 1 is 1.55 bits per heavy atom. The number of hydrogen-bond donors (Lipinski definition) is 1. The smallest absolute Gasteiger partial charge is 0.261 e. The molecule has 0 aliphatic heterocycles. The first kappa shape index (κ1) is 13.3. The molecule has 0 spiro atoms. The van der Waals surface area contributed by atoms with E-state index in [0.717, 1.165) is 29.2 Å². The average Bonchev–Trinajstić information content (AvgIpc) is 2.89. The minimum Gasteiger partial charge on any atom is -0.347 e. The van der Waals surface area contributed by atoms with Gasteiger partial charge in [-0.3, -0.25) is 9.78 Å². The predicted molar refractivity (Wildman–Crippen MR) is 80.9 cm³/mol. The fraction of sp³-hybridized carbons (Fsp3) is 0.375. The molecule has 0 bridgehead atoms. The minimum absolute atomic E-state index is 0.0286. The molecule has 1 aliphatic rings. The third kappa shape index (κ3) is 2.90. The van der Waals surface area contributed by atoms with Crippen molar-refractivity contribution in [2.45, 2.75) is 32.7 Å². The third-order valence-corrected chi connectivity index (χ3v) is 4.96. The van der Waals surface area contributed by atoms with Crippen molar-refractivity contribution in [1.29, 1.82) is 0 Å². The molecule has 2 heterocycles. The summed E-state index contributed by atoms with van der Waals surface area (Å²) in [6, 6.07) is 5.93. The highest BCUT2D eigenvalue weighted by Crippen LogP contribution is 2.32. The van der Waals surface area contributed by atoms with Crippen molar-refractivity contribution in [3.8, 4) is 0 Å². The van der Waals surface area contributed by atoms with E-state index in [1.54, 1.807) is 23.7 Å². The fourth-order valence-corrected chi connectivity index (χ4v) is 3.71. The van der Waals surface area contributed by atoms with Crippen molar-refractivity contribution >= 4 is 17.2 Å². The van der Waals surface area contributed by atoms with Crippen LogP contribution in [0, 0.1) is 5.92 Å². The molecule has 2 aromatic rings. The van der Waals surface area contributed by atoms with E-state index in [1.165, 1.54) is 16.9 Å². The third-order valence-electron chi connectivity index (χ3n) is 3.73. The first-order valence-corrected chi connectivity index (χ1v) is 7.82. The first-order chi connectivity index (χ1) is 9.72. The predicted octanol–water partition coefficient (Wildman–Crippen LogP) is 3.20. The molecule has 0 aromatic carbocycles. The van der Waals surface area contributed by atoms with Crippen LogP contribution in [0.4, 0.5) is 0 Å².